The summed E-state index contributed by atoms with van der Waals surface area (Å²) in [7, 11) is 0. The van der Waals surface area contributed by atoms with E-state index in [1.165, 1.54) is 0 Å². The number of hydrogen-bond acceptors (Lipinski definition) is 1. The zero-order valence-electron chi connectivity index (χ0n) is 8.80. The zero-order valence-corrected chi connectivity index (χ0v) is 9.56. The van der Waals surface area contributed by atoms with E-state index in [0.29, 0.717) is 11.4 Å². The van der Waals surface area contributed by atoms with Crippen LogP contribution < -0.4 is 5.32 Å². The molecule has 14 heavy (non-hydrogen) atoms. The molecule has 0 aliphatic rings. The highest BCUT2D eigenvalue weighted by Crippen LogP contribution is 2.13. The Balaban J connectivity index is 0.000000791. The molecule has 78 valence electrons. The molecule has 0 bridgehead atoms. The fourth-order valence-electron chi connectivity index (χ4n) is 0.783. The van der Waals surface area contributed by atoms with E-state index in [9.17, 15) is 4.79 Å². The summed E-state index contributed by atoms with van der Waals surface area (Å²) in [5, 5.41) is 3.39. The van der Waals surface area contributed by atoms with E-state index in [0.717, 1.165) is 5.69 Å². The molecule has 0 aromatic heterocycles. The molecule has 0 aliphatic heterocycles. The van der Waals surface area contributed by atoms with Crippen molar-refractivity contribution in [3.63, 3.8) is 0 Å². The summed E-state index contributed by atoms with van der Waals surface area (Å²) in [6, 6.07) is 7.03. The Kier molecular flexibility index (Phi) is 6.85. The predicted octanol–water partition coefficient (Wildman–Crippen LogP) is 3.71. The standard InChI is InChI=1S/C9H10ClNO.C2H6/c1-2-9(12)11-8-5-3-7(10)4-6-8;1-2/h3-6H,2H2,1H3,(H,11,12);1-2H3. The van der Waals surface area contributed by atoms with Gasteiger partial charge >= 0.3 is 0 Å². The lowest BCUT2D eigenvalue weighted by atomic mass is 10.3. The Hall–Kier alpha value is -1.02. The minimum atomic E-state index is 0.0114. The number of carbonyl (C=O) groups is 1. The first-order chi connectivity index (χ1) is 6.72. The fraction of sp³-hybridized carbons (Fsp3) is 0.364. The number of halogens is 1. The Morgan fingerprint density at radius 3 is 2.21 bits per heavy atom. The first kappa shape index (κ1) is 13.0. The molecular formula is C11H16ClNO. The minimum absolute atomic E-state index is 0.0114. The van der Waals surface area contributed by atoms with E-state index in [1.807, 2.05) is 20.8 Å². The quantitative estimate of drug-likeness (QED) is 0.797. The van der Waals surface area contributed by atoms with E-state index in [2.05, 4.69) is 5.32 Å². The lowest BCUT2D eigenvalue weighted by molar-refractivity contribution is -0.115. The SMILES string of the molecule is CC.CCC(=O)Nc1ccc(Cl)cc1. The third-order valence-electron chi connectivity index (χ3n) is 1.45. The Bertz CT molecular complexity index is 269. The molecule has 0 heterocycles. The van der Waals surface area contributed by atoms with Crippen LogP contribution in [0.15, 0.2) is 24.3 Å². The number of carbonyl (C=O) groups excluding carboxylic acids is 1. The van der Waals surface area contributed by atoms with Crippen molar-refractivity contribution in [1.82, 2.24) is 0 Å². The zero-order chi connectivity index (χ0) is 11.0. The van der Waals surface area contributed by atoms with E-state index in [1.54, 1.807) is 24.3 Å². The molecule has 0 aliphatic carbocycles. The van der Waals surface area contributed by atoms with Gasteiger partial charge in [0.2, 0.25) is 5.91 Å². The van der Waals surface area contributed by atoms with Crippen molar-refractivity contribution in [3.8, 4) is 0 Å². The largest absolute Gasteiger partial charge is 0.326 e. The number of nitrogens with one attached hydrogen (secondary N) is 1. The molecule has 3 heteroatoms. The van der Waals surface area contributed by atoms with Gasteiger partial charge in [0, 0.05) is 17.1 Å². The topological polar surface area (TPSA) is 29.1 Å². The summed E-state index contributed by atoms with van der Waals surface area (Å²) in [6.07, 6.45) is 0.489. The number of hydrogen-bond donors (Lipinski definition) is 1. The van der Waals surface area contributed by atoms with Crippen molar-refractivity contribution in [2.45, 2.75) is 27.2 Å². The lowest BCUT2D eigenvalue weighted by Gasteiger charge is -2.01. The van der Waals surface area contributed by atoms with Crippen molar-refractivity contribution in [2.75, 3.05) is 5.32 Å². The average Bonchev–Trinajstić information content (AvgIpc) is 2.24. The smallest absolute Gasteiger partial charge is 0.224 e. The van der Waals surface area contributed by atoms with E-state index < -0.39 is 0 Å². The van der Waals surface area contributed by atoms with Gasteiger partial charge in [0.25, 0.3) is 0 Å². The van der Waals surface area contributed by atoms with Crippen LogP contribution >= 0.6 is 11.6 Å². The molecule has 1 N–H and O–H groups in total. The molecule has 0 atom stereocenters. The van der Waals surface area contributed by atoms with Crippen molar-refractivity contribution in [2.24, 2.45) is 0 Å². The fourth-order valence-corrected chi connectivity index (χ4v) is 0.909. The molecule has 1 aromatic rings. The summed E-state index contributed by atoms with van der Waals surface area (Å²) < 4.78 is 0. The normalized spacial score (nSPS) is 8.57. The maximum atomic E-state index is 10.9. The van der Waals surface area contributed by atoms with Crippen LogP contribution in [0.25, 0.3) is 0 Å². The summed E-state index contributed by atoms with van der Waals surface area (Å²) in [5.41, 5.74) is 0.784. The molecule has 0 saturated heterocycles. The molecule has 0 saturated carbocycles. The highest BCUT2D eigenvalue weighted by Gasteiger charge is 1.97. The van der Waals surface area contributed by atoms with Crippen LogP contribution in [0.5, 0.6) is 0 Å². The molecule has 0 spiro atoms. The van der Waals surface area contributed by atoms with E-state index in [-0.39, 0.29) is 5.91 Å². The number of benzene rings is 1. The highest BCUT2D eigenvalue weighted by atomic mass is 35.5. The van der Waals surface area contributed by atoms with Gasteiger partial charge < -0.3 is 5.32 Å². The van der Waals surface area contributed by atoms with Gasteiger partial charge in [0.1, 0.15) is 0 Å². The Labute approximate surface area is 90.3 Å². The van der Waals surface area contributed by atoms with Crippen LogP contribution in [-0.4, -0.2) is 5.91 Å². The predicted molar refractivity (Wildman–Crippen MR) is 61.7 cm³/mol. The minimum Gasteiger partial charge on any atom is -0.326 e. The van der Waals surface area contributed by atoms with Gasteiger partial charge in [-0.3, -0.25) is 4.79 Å². The second-order valence-corrected chi connectivity index (χ2v) is 2.85. The molecular weight excluding hydrogens is 198 g/mol. The lowest BCUT2D eigenvalue weighted by Crippen LogP contribution is -2.08. The molecule has 1 amide bonds. The van der Waals surface area contributed by atoms with Crippen LogP contribution in [0.1, 0.15) is 27.2 Å². The Morgan fingerprint density at radius 1 is 1.29 bits per heavy atom. The molecule has 2 nitrogen and oxygen atoms in total. The number of amides is 1. The van der Waals surface area contributed by atoms with Gasteiger partial charge in [0.05, 0.1) is 0 Å². The molecule has 1 aromatic carbocycles. The van der Waals surface area contributed by atoms with Gasteiger partial charge in [-0.1, -0.05) is 32.4 Å². The monoisotopic (exact) mass is 213 g/mol. The average molecular weight is 214 g/mol. The Morgan fingerprint density at radius 2 is 1.79 bits per heavy atom. The maximum absolute atomic E-state index is 10.9. The maximum Gasteiger partial charge on any atom is 0.224 e. The third-order valence-corrected chi connectivity index (χ3v) is 1.70. The summed E-state index contributed by atoms with van der Waals surface area (Å²) in [4.78, 5) is 10.9. The van der Waals surface area contributed by atoms with Crippen LogP contribution in [0, 0.1) is 0 Å². The van der Waals surface area contributed by atoms with Crippen molar-refractivity contribution >= 4 is 23.2 Å². The number of rotatable bonds is 2. The van der Waals surface area contributed by atoms with Crippen LogP contribution in [0.2, 0.25) is 5.02 Å². The molecule has 0 unspecified atom stereocenters. The highest BCUT2D eigenvalue weighted by molar-refractivity contribution is 6.30. The van der Waals surface area contributed by atoms with Crippen LogP contribution in [0.4, 0.5) is 5.69 Å². The molecule has 0 radical (unpaired) electrons. The summed E-state index contributed by atoms with van der Waals surface area (Å²) in [6.45, 7) is 5.81. The second kappa shape index (κ2) is 7.39. The van der Waals surface area contributed by atoms with Gasteiger partial charge in [-0.25, -0.2) is 0 Å². The first-order valence-corrected chi connectivity index (χ1v) is 5.15. The first-order valence-electron chi connectivity index (χ1n) is 4.78. The van der Waals surface area contributed by atoms with Gasteiger partial charge in [-0.2, -0.15) is 0 Å². The van der Waals surface area contributed by atoms with Gasteiger partial charge in [0.15, 0.2) is 0 Å². The van der Waals surface area contributed by atoms with Gasteiger partial charge in [-0.15, -0.1) is 0 Å². The van der Waals surface area contributed by atoms with Crippen LogP contribution in [-0.2, 0) is 4.79 Å². The second-order valence-electron chi connectivity index (χ2n) is 2.41. The van der Waals surface area contributed by atoms with E-state index in [4.69, 9.17) is 11.6 Å². The third kappa shape index (κ3) is 4.87. The number of anilines is 1. The van der Waals surface area contributed by atoms with Gasteiger partial charge in [-0.05, 0) is 24.3 Å². The van der Waals surface area contributed by atoms with Crippen molar-refractivity contribution < 1.29 is 4.79 Å². The van der Waals surface area contributed by atoms with Crippen LogP contribution in [0.3, 0.4) is 0 Å². The van der Waals surface area contributed by atoms with Crippen molar-refractivity contribution in [3.05, 3.63) is 29.3 Å². The van der Waals surface area contributed by atoms with Crippen molar-refractivity contribution in [1.29, 1.82) is 0 Å². The molecule has 1 rings (SSSR count). The van der Waals surface area contributed by atoms with E-state index >= 15 is 0 Å². The summed E-state index contributed by atoms with van der Waals surface area (Å²) in [5.74, 6) is 0.0114. The molecule has 0 fully saturated rings. The summed E-state index contributed by atoms with van der Waals surface area (Å²) >= 11 is 5.67.